The van der Waals surface area contributed by atoms with Crippen molar-refractivity contribution in [3.8, 4) is 0 Å². The molecule has 8 nitrogen and oxygen atoms in total. The predicted octanol–water partition coefficient (Wildman–Crippen LogP) is 4.07. The number of alkyl halides is 3. The van der Waals surface area contributed by atoms with Gasteiger partial charge in [-0.1, -0.05) is 12.1 Å². The van der Waals surface area contributed by atoms with E-state index in [9.17, 15) is 27.9 Å². The number of anilines is 3. The Hall–Kier alpha value is -4.15. The summed E-state index contributed by atoms with van der Waals surface area (Å²) in [6, 6.07) is 10.8. The quantitative estimate of drug-likeness (QED) is 0.440. The molecule has 0 aliphatic rings. The van der Waals surface area contributed by atoms with E-state index < -0.39 is 23.6 Å². The van der Waals surface area contributed by atoms with Gasteiger partial charge in [0, 0.05) is 44.4 Å². The van der Waals surface area contributed by atoms with Gasteiger partial charge < -0.3 is 20.6 Å². The molecule has 184 valence electrons. The van der Waals surface area contributed by atoms with Crippen LogP contribution < -0.4 is 15.5 Å². The van der Waals surface area contributed by atoms with E-state index in [2.05, 4.69) is 20.6 Å². The van der Waals surface area contributed by atoms with Crippen LogP contribution in [0.4, 0.5) is 30.5 Å². The third-order valence-corrected chi connectivity index (χ3v) is 5.07. The molecule has 0 spiro atoms. The average molecular weight is 487 g/mol. The SMILES string of the molecule is CNc1nc(Cc2ccc(NC(=O)c3ccc(C(F)(F)F)cc3)cc2)nc(N(C)C)c1CC(=O)O. The van der Waals surface area contributed by atoms with Crippen LogP contribution in [-0.4, -0.2) is 48.1 Å². The minimum atomic E-state index is -4.47. The lowest BCUT2D eigenvalue weighted by atomic mass is 10.1. The highest BCUT2D eigenvalue weighted by Gasteiger charge is 2.30. The first kappa shape index (κ1) is 25.5. The van der Waals surface area contributed by atoms with E-state index in [1.807, 2.05) is 0 Å². The lowest BCUT2D eigenvalue weighted by Crippen LogP contribution is -2.19. The number of carbonyl (C=O) groups is 2. The molecule has 0 radical (unpaired) electrons. The fraction of sp³-hybridized carbons (Fsp3) is 0.250. The van der Waals surface area contributed by atoms with E-state index in [0.717, 1.165) is 29.8 Å². The number of amides is 1. The fourth-order valence-electron chi connectivity index (χ4n) is 3.39. The number of rotatable bonds is 8. The summed E-state index contributed by atoms with van der Waals surface area (Å²) in [4.78, 5) is 34.3. The third-order valence-electron chi connectivity index (χ3n) is 5.07. The summed E-state index contributed by atoms with van der Waals surface area (Å²) in [5.74, 6) is -0.106. The topological polar surface area (TPSA) is 107 Å². The molecule has 0 fully saturated rings. The van der Waals surface area contributed by atoms with E-state index >= 15 is 0 Å². The zero-order valence-electron chi connectivity index (χ0n) is 19.3. The molecule has 0 saturated heterocycles. The molecule has 0 bridgehead atoms. The predicted molar refractivity (Wildman–Crippen MR) is 126 cm³/mol. The van der Waals surface area contributed by atoms with Gasteiger partial charge >= 0.3 is 12.1 Å². The number of carbonyl (C=O) groups excluding carboxylic acids is 1. The van der Waals surface area contributed by atoms with Gasteiger partial charge in [-0.3, -0.25) is 9.59 Å². The molecule has 0 aliphatic heterocycles. The van der Waals surface area contributed by atoms with Crippen molar-refractivity contribution in [2.24, 2.45) is 0 Å². The van der Waals surface area contributed by atoms with Crippen LogP contribution in [0.3, 0.4) is 0 Å². The van der Waals surface area contributed by atoms with Gasteiger partial charge in [-0.25, -0.2) is 9.97 Å². The van der Waals surface area contributed by atoms with Crippen LogP contribution in [0, 0.1) is 0 Å². The number of aromatic nitrogens is 2. The normalized spacial score (nSPS) is 11.1. The maximum absolute atomic E-state index is 12.7. The number of hydrogen-bond donors (Lipinski definition) is 3. The molecule has 35 heavy (non-hydrogen) atoms. The van der Waals surface area contributed by atoms with E-state index in [-0.39, 0.29) is 12.0 Å². The first-order valence-electron chi connectivity index (χ1n) is 10.5. The Balaban J connectivity index is 1.74. The van der Waals surface area contributed by atoms with E-state index in [0.29, 0.717) is 35.1 Å². The van der Waals surface area contributed by atoms with Crippen LogP contribution in [-0.2, 0) is 23.8 Å². The summed E-state index contributed by atoms with van der Waals surface area (Å²) in [5, 5.41) is 14.8. The summed E-state index contributed by atoms with van der Waals surface area (Å²) >= 11 is 0. The average Bonchev–Trinajstić information content (AvgIpc) is 2.80. The zero-order valence-corrected chi connectivity index (χ0v) is 19.3. The number of nitrogens with one attached hydrogen (secondary N) is 2. The number of halogens is 3. The first-order valence-corrected chi connectivity index (χ1v) is 10.5. The van der Waals surface area contributed by atoms with Gasteiger partial charge in [-0.05, 0) is 42.0 Å². The van der Waals surface area contributed by atoms with Crippen LogP contribution in [0.15, 0.2) is 48.5 Å². The Labute approximate surface area is 199 Å². The number of carboxylic acids is 1. The minimum absolute atomic E-state index is 0.104. The van der Waals surface area contributed by atoms with Crippen molar-refractivity contribution >= 4 is 29.2 Å². The van der Waals surface area contributed by atoms with Gasteiger partial charge in [0.05, 0.1) is 12.0 Å². The summed E-state index contributed by atoms with van der Waals surface area (Å²) < 4.78 is 38.1. The van der Waals surface area contributed by atoms with Crippen molar-refractivity contribution in [2.45, 2.75) is 19.0 Å². The maximum Gasteiger partial charge on any atom is 0.416 e. The summed E-state index contributed by atoms with van der Waals surface area (Å²) in [7, 11) is 5.20. The first-order chi connectivity index (χ1) is 16.5. The largest absolute Gasteiger partial charge is 0.481 e. The highest BCUT2D eigenvalue weighted by atomic mass is 19.4. The van der Waals surface area contributed by atoms with Crippen molar-refractivity contribution in [3.05, 3.63) is 76.6 Å². The molecule has 1 aromatic heterocycles. The van der Waals surface area contributed by atoms with Crippen LogP contribution >= 0.6 is 0 Å². The Morgan fingerprint density at radius 2 is 1.63 bits per heavy atom. The Kier molecular flexibility index (Phi) is 7.58. The van der Waals surface area contributed by atoms with Crippen molar-refractivity contribution < 1.29 is 27.9 Å². The second-order valence-corrected chi connectivity index (χ2v) is 7.91. The zero-order chi connectivity index (χ0) is 25.8. The maximum atomic E-state index is 12.7. The van der Waals surface area contributed by atoms with Crippen molar-refractivity contribution in [1.29, 1.82) is 0 Å². The molecule has 0 saturated carbocycles. The van der Waals surface area contributed by atoms with Gasteiger partial charge in [0.1, 0.15) is 17.5 Å². The van der Waals surface area contributed by atoms with E-state index in [1.54, 1.807) is 50.3 Å². The Morgan fingerprint density at radius 3 is 2.14 bits per heavy atom. The molecule has 3 rings (SSSR count). The summed E-state index contributed by atoms with van der Waals surface area (Å²) in [6.45, 7) is 0. The van der Waals surface area contributed by atoms with Crippen LogP contribution in [0.1, 0.15) is 32.9 Å². The van der Waals surface area contributed by atoms with Gasteiger partial charge in [0.25, 0.3) is 5.91 Å². The summed E-state index contributed by atoms with van der Waals surface area (Å²) in [6.07, 6.45) is -4.33. The second-order valence-electron chi connectivity index (χ2n) is 7.91. The molecule has 1 amide bonds. The number of aliphatic carboxylic acids is 1. The van der Waals surface area contributed by atoms with Crippen molar-refractivity contribution in [2.75, 3.05) is 36.7 Å². The Bertz CT molecular complexity index is 1210. The standard InChI is InChI=1S/C24H24F3N5O3/c1-28-21-18(13-20(33)34)22(32(2)3)31-19(30-21)12-14-4-10-17(11-5-14)29-23(35)15-6-8-16(9-7-15)24(25,26)27/h4-11H,12-13H2,1-3H3,(H,29,35)(H,33,34)(H,28,30,31). The molecular weight excluding hydrogens is 463 g/mol. The highest BCUT2D eigenvalue weighted by molar-refractivity contribution is 6.04. The molecule has 0 atom stereocenters. The van der Waals surface area contributed by atoms with Crippen LogP contribution in [0.5, 0.6) is 0 Å². The van der Waals surface area contributed by atoms with Gasteiger partial charge in [0.15, 0.2) is 0 Å². The van der Waals surface area contributed by atoms with Gasteiger partial charge in [-0.2, -0.15) is 13.2 Å². The number of benzene rings is 2. The monoisotopic (exact) mass is 487 g/mol. The molecule has 2 aromatic carbocycles. The molecule has 3 N–H and O–H groups in total. The number of nitrogens with zero attached hydrogens (tertiary/aromatic N) is 3. The highest BCUT2D eigenvalue weighted by Crippen LogP contribution is 2.29. The van der Waals surface area contributed by atoms with Crippen LogP contribution in [0.25, 0.3) is 0 Å². The Morgan fingerprint density at radius 1 is 1.00 bits per heavy atom. The lowest BCUT2D eigenvalue weighted by Gasteiger charge is -2.19. The molecular formula is C24H24F3N5O3. The van der Waals surface area contributed by atoms with E-state index in [4.69, 9.17) is 0 Å². The molecule has 3 aromatic rings. The fourth-order valence-corrected chi connectivity index (χ4v) is 3.39. The minimum Gasteiger partial charge on any atom is -0.481 e. The third kappa shape index (κ3) is 6.46. The molecule has 0 unspecified atom stereocenters. The number of carboxylic acid groups (broad SMARTS) is 1. The lowest BCUT2D eigenvalue weighted by molar-refractivity contribution is -0.138. The van der Waals surface area contributed by atoms with Gasteiger partial charge in [-0.15, -0.1) is 0 Å². The van der Waals surface area contributed by atoms with Crippen LogP contribution in [0.2, 0.25) is 0 Å². The number of hydrogen-bond acceptors (Lipinski definition) is 6. The van der Waals surface area contributed by atoms with Gasteiger partial charge in [0.2, 0.25) is 0 Å². The summed E-state index contributed by atoms with van der Waals surface area (Å²) in [5.41, 5.74) is 1.08. The van der Waals surface area contributed by atoms with Crippen molar-refractivity contribution in [3.63, 3.8) is 0 Å². The molecule has 11 heteroatoms. The van der Waals surface area contributed by atoms with Crippen molar-refractivity contribution in [1.82, 2.24) is 9.97 Å². The smallest absolute Gasteiger partial charge is 0.416 e. The molecule has 1 heterocycles. The van der Waals surface area contributed by atoms with E-state index in [1.165, 1.54) is 0 Å². The second kappa shape index (κ2) is 10.4. The molecule has 0 aliphatic carbocycles.